The van der Waals surface area contributed by atoms with E-state index >= 15 is 0 Å². The molecule has 0 saturated heterocycles. The van der Waals surface area contributed by atoms with E-state index < -0.39 is 0 Å². The second-order valence-electron chi connectivity index (χ2n) is 4.40. The molecule has 3 aromatic rings. The van der Waals surface area contributed by atoms with Gasteiger partial charge in [0.25, 0.3) is 5.56 Å². The largest absolute Gasteiger partial charge is 0.495 e. The fraction of sp³-hybridized carbons (Fsp3) is 0.0667. The van der Waals surface area contributed by atoms with Gasteiger partial charge in [-0.15, -0.1) is 0 Å². The van der Waals surface area contributed by atoms with Crippen LogP contribution in [0.5, 0.6) is 5.75 Å². The van der Waals surface area contributed by atoms with Crippen LogP contribution in [0.15, 0.2) is 47.3 Å². The summed E-state index contributed by atoms with van der Waals surface area (Å²) in [6.45, 7) is 0. The van der Waals surface area contributed by atoms with Gasteiger partial charge in [-0.3, -0.25) is 4.79 Å². The van der Waals surface area contributed by atoms with Crippen molar-refractivity contribution in [3.63, 3.8) is 0 Å². The Morgan fingerprint density at radius 2 is 1.90 bits per heavy atom. The molecule has 20 heavy (non-hydrogen) atoms. The van der Waals surface area contributed by atoms with Crippen molar-refractivity contribution in [2.75, 3.05) is 12.8 Å². The van der Waals surface area contributed by atoms with Gasteiger partial charge < -0.3 is 10.5 Å². The molecule has 5 nitrogen and oxygen atoms in total. The smallest absolute Gasteiger partial charge is 0.272 e. The molecule has 1 aromatic heterocycles. The van der Waals surface area contributed by atoms with Crippen molar-refractivity contribution in [1.82, 2.24) is 10.2 Å². The maximum Gasteiger partial charge on any atom is 0.272 e. The highest BCUT2D eigenvalue weighted by Crippen LogP contribution is 2.30. The van der Waals surface area contributed by atoms with Gasteiger partial charge >= 0.3 is 0 Å². The highest BCUT2D eigenvalue weighted by Gasteiger charge is 2.10. The summed E-state index contributed by atoms with van der Waals surface area (Å²) in [7, 11) is 1.56. The van der Waals surface area contributed by atoms with Crippen LogP contribution in [0.1, 0.15) is 0 Å². The van der Waals surface area contributed by atoms with E-state index in [0.29, 0.717) is 22.5 Å². The zero-order valence-electron chi connectivity index (χ0n) is 10.9. The monoisotopic (exact) mass is 267 g/mol. The van der Waals surface area contributed by atoms with Crippen LogP contribution in [-0.4, -0.2) is 17.3 Å². The van der Waals surface area contributed by atoms with Gasteiger partial charge in [-0.25, -0.2) is 5.10 Å². The molecule has 0 radical (unpaired) electrons. The van der Waals surface area contributed by atoms with Crippen LogP contribution < -0.4 is 16.0 Å². The topological polar surface area (TPSA) is 81.0 Å². The number of nitrogen functional groups attached to an aromatic ring is 1. The fourth-order valence-electron chi connectivity index (χ4n) is 2.19. The normalized spacial score (nSPS) is 10.7. The number of aromatic nitrogens is 2. The number of nitrogens with zero attached hydrogens (tertiary/aromatic N) is 1. The number of rotatable bonds is 2. The minimum atomic E-state index is -0.202. The van der Waals surface area contributed by atoms with E-state index in [1.807, 2.05) is 30.3 Å². The maximum absolute atomic E-state index is 11.8. The first-order valence-corrected chi connectivity index (χ1v) is 6.12. The summed E-state index contributed by atoms with van der Waals surface area (Å²) >= 11 is 0. The van der Waals surface area contributed by atoms with Crippen LogP contribution in [0.3, 0.4) is 0 Å². The first-order chi connectivity index (χ1) is 9.70. The number of H-pyrrole nitrogens is 1. The number of nitrogens with two attached hydrogens (primary N) is 1. The summed E-state index contributed by atoms with van der Waals surface area (Å²) in [5.74, 6) is 0.583. The zero-order valence-corrected chi connectivity index (χ0v) is 10.9. The molecule has 1 heterocycles. The average molecular weight is 267 g/mol. The molecule has 3 rings (SSSR count). The van der Waals surface area contributed by atoms with Gasteiger partial charge in [-0.2, -0.15) is 5.10 Å². The number of ether oxygens (including phenoxy) is 1. The number of methoxy groups -OCH3 is 1. The Balaban J connectivity index is 2.30. The third-order valence-electron chi connectivity index (χ3n) is 3.20. The zero-order chi connectivity index (χ0) is 14.1. The van der Waals surface area contributed by atoms with E-state index in [1.165, 1.54) is 0 Å². The number of benzene rings is 2. The molecular formula is C15H13N3O2. The molecule has 0 bridgehead atoms. The number of nitrogens with one attached hydrogen (secondary N) is 1. The average Bonchev–Trinajstić information content (AvgIpc) is 2.49. The van der Waals surface area contributed by atoms with E-state index in [9.17, 15) is 4.79 Å². The molecule has 0 fully saturated rings. The molecule has 2 aromatic carbocycles. The van der Waals surface area contributed by atoms with Crippen molar-refractivity contribution in [3.8, 4) is 17.0 Å². The first kappa shape index (κ1) is 12.2. The van der Waals surface area contributed by atoms with Crippen molar-refractivity contribution >= 4 is 16.5 Å². The van der Waals surface area contributed by atoms with Gasteiger partial charge in [0.05, 0.1) is 23.9 Å². The van der Waals surface area contributed by atoms with Crippen LogP contribution in [0, 0.1) is 0 Å². The SMILES string of the molecule is COc1cc(-c2n[nH]c(=O)c3ccccc23)ccc1N. The second-order valence-corrected chi connectivity index (χ2v) is 4.40. The Morgan fingerprint density at radius 1 is 1.15 bits per heavy atom. The number of hydrogen-bond acceptors (Lipinski definition) is 4. The molecule has 0 spiro atoms. The molecule has 5 heteroatoms. The minimum Gasteiger partial charge on any atom is -0.495 e. The molecule has 3 N–H and O–H groups in total. The Kier molecular flexibility index (Phi) is 2.87. The Labute approximate surface area is 115 Å². The van der Waals surface area contributed by atoms with Crippen molar-refractivity contribution in [1.29, 1.82) is 0 Å². The van der Waals surface area contributed by atoms with Crippen molar-refractivity contribution in [3.05, 3.63) is 52.8 Å². The second kappa shape index (κ2) is 4.70. The quantitative estimate of drug-likeness (QED) is 0.697. The molecule has 0 saturated carbocycles. The predicted octanol–water partition coefficient (Wildman–Crippen LogP) is 2.18. The van der Waals surface area contributed by atoms with Crippen LogP contribution in [-0.2, 0) is 0 Å². The summed E-state index contributed by atoms with van der Waals surface area (Å²) in [5.41, 5.74) is 7.70. The molecule has 0 aliphatic heterocycles. The van der Waals surface area contributed by atoms with E-state index in [1.54, 1.807) is 19.2 Å². The lowest BCUT2D eigenvalue weighted by Gasteiger charge is -2.08. The summed E-state index contributed by atoms with van der Waals surface area (Å²) in [6, 6.07) is 12.8. The van der Waals surface area contributed by atoms with Gasteiger partial charge in [0.2, 0.25) is 0 Å². The third kappa shape index (κ3) is 1.89. The highest BCUT2D eigenvalue weighted by atomic mass is 16.5. The number of fused-ring (bicyclic) bond motifs is 1. The van der Waals surface area contributed by atoms with Gasteiger partial charge in [-0.1, -0.05) is 24.3 Å². The Morgan fingerprint density at radius 3 is 2.65 bits per heavy atom. The van der Waals surface area contributed by atoms with E-state index in [-0.39, 0.29) is 5.56 Å². The Bertz CT molecular complexity index is 840. The van der Waals surface area contributed by atoms with Crippen LogP contribution in [0.4, 0.5) is 5.69 Å². The summed E-state index contributed by atoms with van der Waals surface area (Å²) < 4.78 is 5.22. The summed E-state index contributed by atoms with van der Waals surface area (Å²) in [4.78, 5) is 11.8. The highest BCUT2D eigenvalue weighted by molar-refractivity contribution is 5.94. The maximum atomic E-state index is 11.8. The number of anilines is 1. The standard InChI is InChI=1S/C15H13N3O2/c1-20-13-8-9(6-7-12(13)16)14-10-4-2-3-5-11(10)15(19)18-17-14/h2-8H,16H2,1H3,(H,18,19). The fourth-order valence-corrected chi connectivity index (χ4v) is 2.19. The lowest BCUT2D eigenvalue weighted by Crippen LogP contribution is -2.09. The Hall–Kier alpha value is -2.82. The van der Waals surface area contributed by atoms with E-state index in [2.05, 4.69) is 10.2 Å². The lowest BCUT2D eigenvalue weighted by molar-refractivity contribution is 0.417. The molecule has 0 amide bonds. The van der Waals surface area contributed by atoms with Crippen molar-refractivity contribution in [2.24, 2.45) is 0 Å². The predicted molar refractivity (Wildman–Crippen MR) is 78.8 cm³/mol. The number of hydrogen-bond donors (Lipinski definition) is 2. The third-order valence-corrected chi connectivity index (χ3v) is 3.20. The lowest BCUT2D eigenvalue weighted by atomic mass is 10.0. The molecule has 0 atom stereocenters. The van der Waals surface area contributed by atoms with Gasteiger partial charge in [0.15, 0.2) is 0 Å². The summed E-state index contributed by atoms with van der Waals surface area (Å²) in [6.07, 6.45) is 0. The van der Waals surface area contributed by atoms with Crippen molar-refractivity contribution < 1.29 is 4.74 Å². The van der Waals surface area contributed by atoms with Gasteiger partial charge in [0, 0.05) is 10.9 Å². The number of aromatic amines is 1. The van der Waals surface area contributed by atoms with Crippen LogP contribution in [0.25, 0.3) is 22.0 Å². The molecule has 0 aliphatic carbocycles. The molecule has 0 aliphatic rings. The summed E-state index contributed by atoms with van der Waals surface area (Å²) in [5, 5.41) is 8.06. The molecule has 100 valence electrons. The van der Waals surface area contributed by atoms with Crippen LogP contribution in [0.2, 0.25) is 0 Å². The first-order valence-electron chi connectivity index (χ1n) is 6.12. The van der Waals surface area contributed by atoms with Gasteiger partial charge in [-0.05, 0) is 18.2 Å². The van der Waals surface area contributed by atoms with Crippen LogP contribution >= 0.6 is 0 Å². The molecule has 0 unspecified atom stereocenters. The molecular weight excluding hydrogens is 254 g/mol. The van der Waals surface area contributed by atoms with E-state index in [4.69, 9.17) is 10.5 Å². The van der Waals surface area contributed by atoms with Gasteiger partial charge in [0.1, 0.15) is 5.75 Å². The van der Waals surface area contributed by atoms with Crippen molar-refractivity contribution in [2.45, 2.75) is 0 Å². The van der Waals surface area contributed by atoms with E-state index in [0.717, 1.165) is 10.9 Å². The minimum absolute atomic E-state index is 0.202.